The van der Waals surface area contributed by atoms with E-state index in [2.05, 4.69) is 19.2 Å². The lowest BCUT2D eigenvalue weighted by Gasteiger charge is -2.37. The molecule has 0 radical (unpaired) electrons. The fourth-order valence-electron chi connectivity index (χ4n) is 3.96. The third-order valence-electron chi connectivity index (χ3n) is 5.84. The first-order chi connectivity index (χ1) is 14.3. The maximum atomic E-state index is 13.6. The maximum absolute atomic E-state index is 13.6. The second-order valence-electron chi connectivity index (χ2n) is 8.05. The number of carbonyl (C=O) groups excluding carboxylic acids is 1. The van der Waals surface area contributed by atoms with Crippen molar-refractivity contribution in [2.24, 2.45) is 0 Å². The van der Waals surface area contributed by atoms with Crippen LogP contribution in [0.5, 0.6) is 5.75 Å². The van der Waals surface area contributed by atoms with Crippen LogP contribution < -0.4 is 10.1 Å². The molecular weight excluding hydrogens is 421 g/mol. The highest BCUT2D eigenvalue weighted by Gasteiger charge is 2.43. The van der Waals surface area contributed by atoms with Crippen LogP contribution in [0, 0.1) is 13.8 Å². The molecule has 0 aliphatic carbocycles. The second-order valence-corrected chi connectivity index (χ2v) is 8.89. The Morgan fingerprint density at radius 1 is 1.17 bits per heavy atom. The van der Waals surface area contributed by atoms with Crippen LogP contribution in [0.1, 0.15) is 49.8 Å². The first kappa shape index (κ1) is 22.9. The number of amides is 1. The van der Waals surface area contributed by atoms with Crippen LogP contribution in [-0.4, -0.2) is 25.2 Å². The number of rotatable bonds is 6. The third-order valence-corrected chi connectivity index (χ3v) is 6.39. The molecule has 0 aromatic heterocycles. The smallest absolute Gasteiger partial charge is 0.235 e. The minimum atomic E-state index is -0.756. The van der Waals surface area contributed by atoms with Crippen molar-refractivity contribution in [1.82, 2.24) is 0 Å². The lowest BCUT2D eigenvalue weighted by molar-refractivity contribution is -0.125. The van der Waals surface area contributed by atoms with Gasteiger partial charge in [-0.2, -0.15) is 0 Å². The molecule has 0 bridgehead atoms. The predicted octanol–water partition coefficient (Wildman–Crippen LogP) is 6.47. The summed E-state index contributed by atoms with van der Waals surface area (Å²) in [5.41, 5.74) is 2.78. The Morgan fingerprint density at radius 2 is 1.80 bits per heavy atom. The van der Waals surface area contributed by atoms with Crippen molar-refractivity contribution >= 4 is 34.8 Å². The van der Waals surface area contributed by atoms with Gasteiger partial charge in [0.2, 0.25) is 5.91 Å². The standard InChI is InChI=1S/C24H29Cl2NO3/c1-5-17(4)30-22-15(2)12-19(13-16(22)3)27-23(28)24(8-10-29-11-9-24)20-7-6-18(25)14-21(20)26/h6-7,12-14,17H,5,8-11H2,1-4H3,(H,27,28)/t17-/m1/s1. The number of carbonyl (C=O) groups is 1. The van der Waals surface area contributed by atoms with Gasteiger partial charge in [0.1, 0.15) is 5.75 Å². The Morgan fingerprint density at radius 3 is 2.37 bits per heavy atom. The lowest BCUT2D eigenvalue weighted by Crippen LogP contribution is -2.45. The summed E-state index contributed by atoms with van der Waals surface area (Å²) in [6.45, 7) is 9.16. The molecular formula is C24H29Cl2NO3. The van der Waals surface area contributed by atoms with Crippen molar-refractivity contribution in [3.8, 4) is 5.75 Å². The van der Waals surface area contributed by atoms with Gasteiger partial charge >= 0.3 is 0 Å². The summed E-state index contributed by atoms with van der Waals surface area (Å²) in [5, 5.41) is 4.18. The van der Waals surface area contributed by atoms with Crippen LogP contribution in [0.3, 0.4) is 0 Å². The largest absolute Gasteiger partial charge is 0.490 e. The van der Waals surface area contributed by atoms with Gasteiger partial charge in [-0.15, -0.1) is 0 Å². The van der Waals surface area contributed by atoms with E-state index in [1.54, 1.807) is 12.1 Å². The molecule has 1 atom stereocenters. The molecule has 0 saturated carbocycles. The third kappa shape index (κ3) is 4.77. The predicted molar refractivity (Wildman–Crippen MR) is 123 cm³/mol. The van der Waals surface area contributed by atoms with Gasteiger partial charge in [0.25, 0.3) is 0 Å². The highest BCUT2D eigenvalue weighted by molar-refractivity contribution is 6.35. The molecule has 30 heavy (non-hydrogen) atoms. The number of ether oxygens (including phenoxy) is 2. The molecule has 1 amide bonds. The van der Waals surface area contributed by atoms with Crippen LogP contribution in [0.4, 0.5) is 5.69 Å². The van der Waals surface area contributed by atoms with E-state index in [1.165, 1.54) is 0 Å². The number of hydrogen-bond donors (Lipinski definition) is 1. The molecule has 3 rings (SSSR count). The van der Waals surface area contributed by atoms with E-state index >= 15 is 0 Å². The average Bonchev–Trinajstić information content (AvgIpc) is 2.71. The number of halogens is 2. The summed E-state index contributed by atoms with van der Waals surface area (Å²) in [5.74, 6) is 0.799. The van der Waals surface area contributed by atoms with Crippen LogP contribution in [0.25, 0.3) is 0 Å². The van der Waals surface area contributed by atoms with E-state index in [4.69, 9.17) is 32.7 Å². The van der Waals surface area contributed by atoms with Crippen molar-refractivity contribution in [1.29, 1.82) is 0 Å². The fourth-order valence-corrected chi connectivity index (χ4v) is 4.55. The van der Waals surface area contributed by atoms with E-state index in [-0.39, 0.29) is 12.0 Å². The topological polar surface area (TPSA) is 47.6 Å². The normalized spacial score (nSPS) is 16.7. The average molecular weight is 450 g/mol. The first-order valence-electron chi connectivity index (χ1n) is 10.4. The van der Waals surface area contributed by atoms with Crippen molar-refractivity contribution in [3.63, 3.8) is 0 Å². The maximum Gasteiger partial charge on any atom is 0.235 e. The Hall–Kier alpha value is -1.75. The Balaban J connectivity index is 1.92. The molecule has 1 fully saturated rings. The first-order valence-corrected chi connectivity index (χ1v) is 11.1. The number of anilines is 1. The molecule has 0 unspecified atom stereocenters. The van der Waals surface area contributed by atoms with Gasteiger partial charge in [-0.1, -0.05) is 36.2 Å². The summed E-state index contributed by atoms with van der Waals surface area (Å²) in [4.78, 5) is 13.6. The Kier molecular flexibility index (Phi) is 7.33. The summed E-state index contributed by atoms with van der Waals surface area (Å²) < 4.78 is 11.6. The lowest BCUT2D eigenvalue weighted by atomic mass is 9.73. The number of nitrogens with one attached hydrogen (secondary N) is 1. The Bertz CT molecular complexity index is 900. The minimum absolute atomic E-state index is 0.0792. The molecule has 1 N–H and O–H groups in total. The molecule has 1 saturated heterocycles. The van der Waals surface area contributed by atoms with Gasteiger partial charge in [0.05, 0.1) is 11.5 Å². The van der Waals surface area contributed by atoms with Crippen molar-refractivity contribution in [2.75, 3.05) is 18.5 Å². The zero-order valence-electron chi connectivity index (χ0n) is 18.0. The molecule has 2 aromatic carbocycles. The van der Waals surface area contributed by atoms with E-state index in [0.717, 1.165) is 34.5 Å². The zero-order chi connectivity index (χ0) is 21.9. The van der Waals surface area contributed by atoms with Crippen LogP contribution in [0.15, 0.2) is 30.3 Å². The van der Waals surface area contributed by atoms with Gasteiger partial charge in [0, 0.05) is 28.9 Å². The molecule has 1 heterocycles. The van der Waals surface area contributed by atoms with Gasteiger partial charge in [-0.05, 0) is 81.0 Å². The molecule has 1 aliphatic heterocycles. The molecule has 0 spiro atoms. The summed E-state index contributed by atoms with van der Waals surface area (Å²) in [6.07, 6.45) is 2.20. The molecule has 6 heteroatoms. The van der Waals surface area contributed by atoms with Gasteiger partial charge in [0.15, 0.2) is 0 Å². The van der Waals surface area contributed by atoms with Gasteiger partial charge < -0.3 is 14.8 Å². The van der Waals surface area contributed by atoms with Crippen molar-refractivity contribution < 1.29 is 14.3 Å². The van der Waals surface area contributed by atoms with E-state index in [9.17, 15) is 4.79 Å². The SMILES string of the molecule is CC[C@@H](C)Oc1c(C)cc(NC(=O)C2(c3ccc(Cl)cc3Cl)CCOCC2)cc1C. The van der Waals surface area contributed by atoms with Crippen LogP contribution in [-0.2, 0) is 14.9 Å². The van der Waals surface area contributed by atoms with Crippen LogP contribution >= 0.6 is 23.2 Å². The van der Waals surface area contributed by atoms with Gasteiger partial charge in [-0.3, -0.25) is 4.79 Å². The highest BCUT2D eigenvalue weighted by Crippen LogP contribution is 2.41. The summed E-state index contributed by atoms with van der Waals surface area (Å²) in [7, 11) is 0. The quantitative estimate of drug-likeness (QED) is 0.548. The van der Waals surface area contributed by atoms with E-state index < -0.39 is 5.41 Å². The van der Waals surface area contributed by atoms with E-state index in [1.807, 2.05) is 32.0 Å². The fraction of sp³-hybridized carbons (Fsp3) is 0.458. The van der Waals surface area contributed by atoms with Crippen molar-refractivity contribution in [3.05, 3.63) is 57.1 Å². The zero-order valence-corrected chi connectivity index (χ0v) is 19.5. The number of aryl methyl sites for hydroxylation is 2. The highest BCUT2D eigenvalue weighted by atomic mass is 35.5. The number of benzene rings is 2. The van der Waals surface area contributed by atoms with E-state index in [0.29, 0.717) is 36.1 Å². The van der Waals surface area contributed by atoms with Gasteiger partial charge in [-0.25, -0.2) is 0 Å². The molecule has 2 aromatic rings. The molecule has 1 aliphatic rings. The van der Waals surface area contributed by atoms with Crippen molar-refractivity contribution in [2.45, 2.75) is 58.5 Å². The minimum Gasteiger partial charge on any atom is -0.490 e. The Labute approximate surface area is 188 Å². The molecule has 162 valence electrons. The number of hydrogen-bond acceptors (Lipinski definition) is 3. The molecule has 4 nitrogen and oxygen atoms in total. The van der Waals surface area contributed by atoms with Crippen LogP contribution in [0.2, 0.25) is 10.0 Å². The summed E-state index contributed by atoms with van der Waals surface area (Å²) >= 11 is 12.6. The second kappa shape index (κ2) is 9.59. The summed E-state index contributed by atoms with van der Waals surface area (Å²) in [6, 6.07) is 9.24. The monoisotopic (exact) mass is 449 g/mol.